The quantitative estimate of drug-likeness (QED) is 0.202. The Kier molecular flexibility index (Phi) is 7.39. The molecule has 0 saturated heterocycles. The number of hydrogen-bond donors (Lipinski definition) is 2. The molecule has 3 heterocycles. The second kappa shape index (κ2) is 11.5. The van der Waals surface area contributed by atoms with Gasteiger partial charge < -0.3 is 15.2 Å². The van der Waals surface area contributed by atoms with Crippen LogP contribution in [0.5, 0.6) is 0 Å². The minimum absolute atomic E-state index is 0.00771. The van der Waals surface area contributed by atoms with Crippen molar-refractivity contribution in [2.75, 3.05) is 10.6 Å². The summed E-state index contributed by atoms with van der Waals surface area (Å²) in [5.74, 6) is 0.00769. The third-order valence-electron chi connectivity index (χ3n) is 6.86. The van der Waals surface area contributed by atoms with Crippen LogP contribution in [0.2, 0.25) is 0 Å². The van der Waals surface area contributed by atoms with Gasteiger partial charge in [0.15, 0.2) is 17.0 Å². The van der Waals surface area contributed by atoms with Crippen molar-refractivity contribution in [3.05, 3.63) is 120 Å². The van der Waals surface area contributed by atoms with Gasteiger partial charge >= 0.3 is 6.18 Å². The molecule has 0 spiro atoms. The number of halogens is 3. The van der Waals surface area contributed by atoms with Crippen molar-refractivity contribution in [1.82, 2.24) is 29.1 Å². The molecule has 12 heteroatoms. The van der Waals surface area contributed by atoms with Crippen LogP contribution in [-0.4, -0.2) is 35.0 Å². The Balaban J connectivity index is 1.25. The highest BCUT2D eigenvalue weighted by Crippen LogP contribution is 2.33. The molecule has 0 aliphatic carbocycles. The summed E-state index contributed by atoms with van der Waals surface area (Å²) in [5, 5.41) is 5.86. The number of alkyl halides is 3. The molecule has 1 amide bonds. The van der Waals surface area contributed by atoms with Gasteiger partial charge in [0.1, 0.15) is 12.7 Å². The number of amides is 1. The maximum Gasteiger partial charge on any atom is 0.416 e. The van der Waals surface area contributed by atoms with Crippen molar-refractivity contribution in [3.8, 4) is 5.69 Å². The second-order valence-corrected chi connectivity index (χ2v) is 10.1. The number of nitrogens with zero attached hydrogens (tertiary/aromatic N) is 6. The SMILES string of the molecule is Cc1cn(-c2cc(NC(=O)c3ccc(C)c(/C=C/n4cnc5c(Nc6ccccc6)ncnc54)c3)cc(C(F)(F)F)c2)cn1. The topological polar surface area (TPSA) is 103 Å². The molecule has 0 bridgehead atoms. The van der Waals surface area contributed by atoms with Crippen LogP contribution >= 0.6 is 0 Å². The Morgan fingerprint density at radius 2 is 1.70 bits per heavy atom. The fraction of sp³-hybridized carbons (Fsp3) is 0.0938. The average molecular weight is 595 g/mol. The van der Waals surface area contributed by atoms with Crippen LogP contribution in [0.25, 0.3) is 29.1 Å². The lowest BCUT2D eigenvalue weighted by Crippen LogP contribution is -2.14. The van der Waals surface area contributed by atoms with Crippen molar-refractivity contribution >= 4 is 46.5 Å². The first-order chi connectivity index (χ1) is 21.1. The monoisotopic (exact) mass is 594 g/mol. The van der Waals surface area contributed by atoms with Gasteiger partial charge in [-0.2, -0.15) is 13.2 Å². The number of para-hydroxylation sites is 1. The zero-order valence-electron chi connectivity index (χ0n) is 23.5. The van der Waals surface area contributed by atoms with E-state index < -0.39 is 17.6 Å². The highest BCUT2D eigenvalue weighted by Gasteiger charge is 2.31. The van der Waals surface area contributed by atoms with E-state index in [1.54, 1.807) is 48.4 Å². The van der Waals surface area contributed by atoms with Crippen LogP contribution in [0.4, 0.5) is 30.4 Å². The lowest BCUT2D eigenvalue weighted by Gasteiger charge is -2.14. The first kappa shape index (κ1) is 28.3. The van der Waals surface area contributed by atoms with E-state index in [1.807, 2.05) is 43.3 Å². The molecule has 3 aromatic heterocycles. The molecule has 9 nitrogen and oxygen atoms in total. The summed E-state index contributed by atoms with van der Waals surface area (Å²) < 4.78 is 44.3. The van der Waals surface area contributed by atoms with Crippen LogP contribution in [0.15, 0.2) is 91.9 Å². The number of aryl methyl sites for hydroxylation is 2. The summed E-state index contributed by atoms with van der Waals surface area (Å²) in [5.41, 5.74) is 3.91. The van der Waals surface area contributed by atoms with E-state index in [2.05, 4.69) is 30.6 Å². The number of imidazole rings is 2. The smallest absolute Gasteiger partial charge is 0.338 e. The molecule has 0 aliphatic rings. The van der Waals surface area contributed by atoms with Gasteiger partial charge in [0, 0.05) is 35.0 Å². The number of carbonyl (C=O) groups excluding carboxylic acids is 1. The summed E-state index contributed by atoms with van der Waals surface area (Å²) in [7, 11) is 0. The number of carbonyl (C=O) groups is 1. The fourth-order valence-corrected chi connectivity index (χ4v) is 4.59. The van der Waals surface area contributed by atoms with E-state index in [-0.39, 0.29) is 16.9 Å². The van der Waals surface area contributed by atoms with Gasteiger partial charge in [-0.1, -0.05) is 24.3 Å². The lowest BCUT2D eigenvalue weighted by atomic mass is 10.0. The summed E-state index contributed by atoms with van der Waals surface area (Å²) in [4.78, 5) is 30.5. The number of aromatic nitrogens is 6. The molecule has 0 radical (unpaired) electrons. The predicted molar refractivity (Wildman–Crippen MR) is 163 cm³/mol. The molecular formula is C32H25F3N8O. The summed E-state index contributed by atoms with van der Waals surface area (Å²) in [6.45, 7) is 3.63. The van der Waals surface area contributed by atoms with Crippen molar-refractivity contribution in [3.63, 3.8) is 0 Å². The van der Waals surface area contributed by atoms with E-state index in [4.69, 9.17) is 0 Å². The number of fused-ring (bicyclic) bond motifs is 1. The molecule has 220 valence electrons. The zero-order chi connectivity index (χ0) is 30.8. The highest BCUT2D eigenvalue weighted by atomic mass is 19.4. The minimum atomic E-state index is -4.60. The molecule has 2 N–H and O–H groups in total. The Morgan fingerprint density at radius 3 is 2.45 bits per heavy atom. The van der Waals surface area contributed by atoms with Crippen LogP contribution in [0.3, 0.4) is 0 Å². The lowest BCUT2D eigenvalue weighted by molar-refractivity contribution is -0.137. The summed E-state index contributed by atoms with van der Waals surface area (Å²) in [6.07, 6.45) is 5.07. The van der Waals surface area contributed by atoms with Gasteiger partial charge in [0.2, 0.25) is 0 Å². The van der Waals surface area contributed by atoms with Crippen molar-refractivity contribution in [2.45, 2.75) is 20.0 Å². The molecular weight excluding hydrogens is 569 g/mol. The number of benzene rings is 3. The predicted octanol–water partition coefficient (Wildman–Crippen LogP) is 7.27. The van der Waals surface area contributed by atoms with Gasteiger partial charge in [0.25, 0.3) is 5.91 Å². The van der Waals surface area contributed by atoms with Gasteiger partial charge in [-0.25, -0.2) is 19.9 Å². The largest absolute Gasteiger partial charge is 0.416 e. The Morgan fingerprint density at radius 1 is 0.886 bits per heavy atom. The number of hydrogen-bond acceptors (Lipinski definition) is 6. The van der Waals surface area contributed by atoms with Gasteiger partial charge in [-0.15, -0.1) is 0 Å². The maximum atomic E-state index is 13.7. The second-order valence-electron chi connectivity index (χ2n) is 10.1. The standard InChI is InChI=1S/C32H25F3N8O/c1-20-8-9-23(31(44)41-26-13-24(32(33,34)35)14-27(15-26)43-16-21(2)38-18-43)12-22(20)10-11-42-19-39-28-29(36-17-37-30(28)42)40-25-6-4-3-5-7-25/h3-19H,1-2H3,(H,41,44)(H,36,37,40)/b11-10+. The molecule has 0 fully saturated rings. The number of anilines is 3. The van der Waals surface area contributed by atoms with Crippen LogP contribution in [0.1, 0.15) is 32.7 Å². The van der Waals surface area contributed by atoms with Crippen molar-refractivity contribution < 1.29 is 18.0 Å². The van der Waals surface area contributed by atoms with E-state index >= 15 is 0 Å². The molecule has 0 atom stereocenters. The third kappa shape index (κ3) is 6.04. The molecule has 0 unspecified atom stereocenters. The van der Waals surface area contributed by atoms with E-state index in [9.17, 15) is 18.0 Å². The highest BCUT2D eigenvalue weighted by molar-refractivity contribution is 6.05. The molecule has 0 aliphatic heterocycles. The Labute approximate surface area is 249 Å². The van der Waals surface area contributed by atoms with Crippen molar-refractivity contribution in [2.24, 2.45) is 0 Å². The number of rotatable bonds is 7. The normalized spacial score (nSPS) is 11.8. The first-order valence-corrected chi connectivity index (χ1v) is 13.5. The van der Waals surface area contributed by atoms with E-state index in [0.29, 0.717) is 22.7 Å². The fourth-order valence-electron chi connectivity index (χ4n) is 4.59. The van der Waals surface area contributed by atoms with Crippen LogP contribution in [-0.2, 0) is 6.18 Å². The van der Waals surface area contributed by atoms with Crippen LogP contribution < -0.4 is 10.6 Å². The molecule has 6 rings (SSSR count). The molecule has 6 aromatic rings. The summed E-state index contributed by atoms with van der Waals surface area (Å²) >= 11 is 0. The Bertz CT molecular complexity index is 2010. The molecule has 44 heavy (non-hydrogen) atoms. The molecule has 3 aromatic carbocycles. The van der Waals surface area contributed by atoms with E-state index in [1.165, 1.54) is 23.3 Å². The number of nitrogens with one attached hydrogen (secondary N) is 2. The van der Waals surface area contributed by atoms with Crippen molar-refractivity contribution in [1.29, 1.82) is 0 Å². The van der Waals surface area contributed by atoms with Gasteiger partial charge in [-0.05, 0) is 73.5 Å². The maximum absolute atomic E-state index is 13.7. The van der Waals surface area contributed by atoms with Gasteiger partial charge in [0.05, 0.1) is 17.6 Å². The molecule has 0 saturated carbocycles. The van der Waals surface area contributed by atoms with Gasteiger partial charge in [-0.3, -0.25) is 9.36 Å². The minimum Gasteiger partial charge on any atom is -0.338 e. The summed E-state index contributed by atoms with van der Waals surface area (Å²) in [6, 6.07) is 18.0. The average Bonchev–Trinajstić information content (AvgIpc) is 3.63. The van der Waals surface area contributed by atoms with E-state index in [0.717, 1.165) is 28.9 Å². The van der Waals surface area contributed by atoms with Crippen LogP contribution in [0, 0.1) is 13.8 Å². The third-order valence-corrected chi connectivity index (χ3v) is 6.86. The Hall–Kier alpha value is -5.78. The zero-order valence-corrected chi connectivity index (χ0v) is 23.5. The first-order valence-electron chi connectivity index (χ1n) is 13.5.